The van der Waals surface area contributed by atoms with Crippen LogP contribution >= 0.6 is 0 Å². The minimum absolute atomic E-state index is 0.184. The van der Waals surface area contributed by atoms with E-state index < -0.39 is 42.6 Å². The third-order valence-corrected chi connectivity index (χ3v) is 8.14. The first kappa shape index (κ1) is 31.2. The van der Waals surface area contributed by atoms with E-state index >= 15 is 0 Å². The van der Waals surface area contributed by atoms with Crippen LogP contribution < -0.4 is 4.18 Å². The molecule has 1 N–H and O–H groups in total. The predicted octanol–water partition coefficient (Wildman–Crippen LogP) is 5.54. The number of unbranched alkanes of at least 4 members (excludes halogenated alkanes) is 1. The molecule has 0 saturated carbocycles. The molecule has 0 amide bonds. The molecule has 0 fully saturated rings. The molecule has 3 aromatic carbocycles. The maximum atomic E-state index is 13.9. The maximum absolute atomic E-state index is 13.9. The average molecular weight is 605 g/mol. The van der Waals surface area contributed by atoms with Crippen LogP contribution in [0.2, 0.25) is 0 Å². The molecule has 216 valence electrons. The fourth-order valence-corrected chi connectivity index (χ4v) is 5.34. The Morgan fingerprint density at radius 3 is 2.12 bits per heavy atom. The van der Waals surface area contributed by atoms with E-state index in [1.165, 1.54) is 12.1 Å². The first-order valence-electron chi connectivity index (χ1n) is 11.6. The third kappa shape index (κ3) is 6.69. The van der Waals surface area contributed by atoms with E-state index in [-0.39, 0.29) is 13.0 Å². The van der Waals surface area contributed by atoms with Crippen molar-refractivity contribution in [1.82, 2.24) is 0 Å². The zero-order chi connectivity index (χ0) is 29.8. The maximum Gasteiger partial charge on any atom is 0.460 e. The highest BCUT2D eigenvalue weighted by Gasteiger charge is 2.74. The second-order valence-electron chi connectivity index (χ2n) is 8.63. The Bertz CT molecular complexity index is 1590. The lowest BCUT2D eigenvalue weighted by Crippen LogP contribution is -2.53. The van der Waals surface area contributed by atoms with Crippen LogP contribution in [0.4, 0.5) is 17.6 Å². The van der Waals surface area contributed by atoms with E-state index in [4.69, 9.17) is 9.29 Å². The highest BCUT2D eigenvalue weighted by molar-refractivity contribution is 7.91. The van der Waals surface area contributed by atoms with Gasteiger partial charge in [-0.1, -0.05) is 55.1 Å². The van der Waals surface area contributed by atoms with Gasteiger partial charge in [-0.2, -0.15) is 34.4 Å². The van der Waals surface area contributed by atoms with Crippen LogP contribution in [0.25, 0.3) is 16.8 Å². The molecule has 0 spiro atoms. The second-order valence-corrected chi connectivity index (χ2v) is 11.7. The van der Waals surface area contributed by atoms with Gasteiger partial charge < -0.3 is 13.7 Å². The van der Waals surface area contributed by atoms with E-state index in [9.17, 15) is 39.2 Å². The van der Waals surface area contributed by atoms with Gasteiger partial charge in [-0.3, -0.25) is 4.55 Å². The lowest BCUT2D eigenvalue weighted by Gasteiger charge is -2.23. The lowest BCUT2D eigenvalue weighted by atomic mass is 9.98. The normalized spacial score (nSPS) is 13.6. The number of fused-ring (bicyclic) bond motifs is 1. The molecule has 0 aliphatic rings. The van der Waals surface area contributed by atoms with Gasteiger partial charge in [0.25, 0.3) is 0 Å². The number of benzene rings is 3. The fourth-order valence-electron chi connectivity index (χ4n) is 3.66. The molecule has 0 radical (unpaired) electrons. The Balaban J connectivity index is 1.85. The van der Waals surface area contributed by atoms with Crippen molar-refractivity contribution >= 4 is 43.4 Å². The van der Waals surface area contributed by atoms with Crippen molar-refractivity contribution in [3.05, 3.63) is 83.9 Å². The number of ether oxygens (including phenoxy) is 1. The van der Waals surface area contributed by atoms with Gasteiger partial charge in [-0.05, 0) is 52.1 Å². The Morgan fingerprint density at radius 2 is 1.52 bits per heavy atom. The Labute approximate surface area is 228 Å². The highest BCUT2D eigenvalue weighted by atomic mass is 32.2. The molecule has 0 aliphatic carbocycles. The van der Waals surface area contributed by atoms with E-state index in [0.717, 1.165) is 40.3 Å². The molecule has 0 heterocycles. The van der Waals surface area contributed by atoms with Gasteiger partial charge in [0, 0.05) is 19.4 Å². The summed E-state index contributed by atoms with van der Waals surface area (Å²) in [7, 11) is -13.4. The molecule has 40 heavy (non-hydrogen) atoms. The minimum atomic E-state index is -6.80. The van der Waals surface area contributed by atoms with Gasteiger partial charge in [-0.25, -0.2) is 0 Å². The first-order valence-corrected chi connectivity index (χ1v) is 14.4. The summed E-state index contributed by atoms with van der Waals surface area (Å²) < 4.78 is 118. The number of carbonyl (C=O) groups is 1. The molecular formula is C26H24F4O8S2. The zero-order valence-electron chi connectivity index (χ0n) is 20.7. The van der Waals surface area contributed by atoms with Gasteiger partial charge in [-0.15, -0.1) is 0 Å². The fraction of sp³-hybridized carbons (Fsp3) is 0.269. The second kappa shape index (κ2) is 12.0. The van der Waals surface area contributed by atoms with E-state index in [2.05, 4.69) is 10.8 Å². The van der Waals surface area contributed by atoms with Crippen molar-refractivity contribution in [1.29, 1.82) is 0 Å². The molecule has 0 aliphatic heterocycles. The molecule has 0 saturated heterocycles. The number of hydrogen-bond acceptors (Lipinski definition) is 7. The molecule has 14 heteroatoms. The average Bonchev–Trinajstić information content (AvgIpc) is 2.89. The number of carbonyl (C=O) groups excluding carboxylic acids is 1. The summed E-state index contributed by atoms with van der Waals surface area (Å²) >= 11 is 0. The number of halogens is 4. The molecule has 1 atom stereocenters. The minimum Gasteiger partial charge on any atom is -0.378 e. The Kier molecular flexibility index (Phi) is 9.39. The van der Waals surface area contributed by atoms with Crippen molar-refractivity contribution in [3.8, 4) is 5.75 Å². The molecule has 1 unspecified atom stereocenters. The quantitative estimate of drug-likeness (QED) is 0.0836. The van der Waals surface area contributed by atoms with Crippen LogP contribution in [0.3, 0.4) is 0 Å². The van der Waals surface area contributed by atoms with Gasteiger partial charge in [0.2, 0.25) is 0 Å². The van der Waals surface area contributed by atoms with E-state index in [0.29, 0.717) is 18.4 Å². The summed E-state index contributed by atoms with van der Waals surface area (Å²) in [5.41, 5.74) is 2.24. The predicted molar refractivity (Wildman–Crippen MR) is 139 cm³/mol. The van der Waals surface area contributed by atoms with Crippen LogP contribution in [0.5, 0.6) is 5.75 Å². The number of hydrogen-bond donors (Lipinski definition) is 1. The van der Waals surface area contributed by atoms with Crippen LogP contribution in [-0.2, 0) is 36.2 Å². The lowest BCUT2D eigenvalue weighted by molar-refractivity contribution is -0.108. The highest BCUT2D eigenvalue weighted by Crippen LogP contribution is 2.43. The Hall–Kier alpha value is -3.33. The molecule has 0 aromatic heterocycles. The van der Waals surface area contributed by atoms with Crippen molar-refractivity contribution < 1.29 is 52.7 Å². The Morgan fingerprint density at radius 1 is 0.900 bits per heavy atom. The van der Waals surface area contributed by atoms with Crippen LogP contribution in [0.15, 0.2) is 67.2 Å². The van der Waals surface area contributed by atoms with Crippen molar-refractivity contribution in [2.45, 2.75) is 35.9 Å². The molecule has 3 aromatic rings. The first-order chi connectivity index (χ1) is 18.6. The van der Waals surface area contributed by atoms with E-state index in [1.54, 1.807) is 6.08 Å². The van der Waals surface area contributed by atoms with Gasteiger partial charge in [0.15, 0.2) is 0 Å². The summed E-state index contributed by atoms with van der Waals surface area (Å²) in [5.74, 6) is -0.821. The van der Waals surface area contributed by atoms with Gasteiger partial charge in [0.05, 0.1) is 6.10 Å². The van der Waals surface area contributed by atoms with Gasteiger partial charge in [0.1, 0.15) is 12.0 Å². The number of rotatable bonds is 14. The molecule has 0 bridgehead atoms. The third-order valence-electron chi connectivity index (χ3n) is 5.81. The van der Waals surface area contributed by atoms with Crippen LogP contribution in [0, 0.1) is 0 Å². The zero-order valence-corrected chi connectivity index (χ0v) is 22.3. The van der Waals surface area contributed by atoms with E-state index in [1.807, 2.05) is 36.4 Å². The molecule has 8 nitrogen and oxygen atoms in total. The van der Waals surface area contributed by atoms with Crippen LogP contribution in [-0.4, -0.2) is 44.8 Å². The van der Waals surface area contributed by atoms with Crippen molar-refractivity contribution in [2.75, 3.05) is 6.61 Å². The molecular weight excluding hydrogens is 580 g/mol. The smallest absolute Gasteiger partial charge is 0.378 e. The number of alkyl halides is 4. The topological polar surface area (TPSA) is 124 Å². The van der Waals surface area contributed by atoms with Crippen LogP contribution in [0.1, 0.15) is 35.6 Å². The largest absolute Gasteiger partial charge is 0.460 e. The van der Waals surface area contributed by atoms with Crippen molar-refractivity contribution in [3.63, 3.8) is 0 Å². The number of aldehydes is 1. The summed E-state index contributed by atoms with van der Waals surface area (Å²) in [6, 6.07) is 15.8. The summed E-state index contributed by atoms with van der Waals surface area (Å²) in [5, 5.41) is -10.8. The summed E-state index contributed by atoms with van der Waals surface area (Å²) in [6.45, 7) is 3.93. The monoisotopic (exact) mass is 604 g/mol. The summed E-state index contributed by atoms with van der Waals surface area (Å²) in [6.07, 6.45) is 2.79. The van der Waals surface area contributed by atoms with Crippen molar-refractivity contribution in [2.24, 2.45) is 0 Å². The van der Waals surface area contributed by atoms with Gasteiger partial charge >= 0.3 is 30.7 Å². The standard InChI is InChI=1S/C26H24F4O8S2/c1-2-18-5-7-22-16-19(6-8-21(22)15-18)17-24(37-14-4-3-13-31)20-9-11-23(12-10-20)38-40(35,36)26(29,30)25(27,28)39(32,33)34/h2,5-13,15-16,24H,1,3-4,14,17H2,(H,32,33,34). The molecule has 3 rings (SSSR count). The summed E-state index contributed by atoms with van der Waals surface area (Å²) in [4.78, 5) is 10.6. The SMILES string of the molecule is C=Cc1ccc2cc(CC(OCCCC=O)c3ccc(OS(=O)(=O)C(F)(F)C(F)(F)S(=O)(=O)O)cc3)ccc2c1.